The molecule has 3 saturated carbocycles. The Balaban J connectivity index is 1.38. The van der Waals surface area contributed by atoms with E-state index in [0.29, 0.717) is 24.8 Å². The average molecular weight is 693 g/mol. The maximum absolute atomic E-state index is 14.8. The molecular weight excluding hydrogens is 636 g/mol. The van der Waals surface area contributed by atoms with Crippen molar-refractivity contribution in [2.24, 2.45) is 17.3 Å². The fraction of sp³-hybridized carbons (Fsp3) is 0.711. The summed E-state index contributed by atoms with van der Waals surface area (Å²) in [4.78, 5) is 87.9. The molecule has 50 heavy (non-hydrogen) atoms. The first-order valence-corrected chi connectivity index (χ1v) is 18.9. The molecule has 0 bridgehead atoms. The molecule has 1 aliphatic heterocycles. The van der Waals surface area contributed by atoms with Crippen LogP contribution in [0.3, 0.4) is 0 Å². The van der Waals surface area contributed by atoms with Crippen LogP contribution in [0.25, 0.3) is 0 Å². The molecule has 1 aromatic heterocycles. The van der Waals surface area contributed by atoms with Gasteiger partial charge in [0.2, 0.25) is 23.5 Å². The van der Waals surface area contributed by atoms with Gasteiger partial charge in [0, 0.05) is 30.0 Å². The first-order chi connectivity index (χ1) is 23.9. The molecule has 0 radical (unpaired) electrons. The highest BCUT2D eigenvalue weighted by atomic mass is 16.2. The van der Waals surface area contributed by atoms with E-state index in [1.54, 1.807) is 17.0 Å². The fourth-order valence-electron chi connectivity index (χ4n) is 8.10. The highest BCUT2D eigenvalue weighted by Gasteiger charge is 2.51. The topological polar surface area (TPSA) is 167 Å². The number of amides is 5. The third-order valence-electron chi connectivity index (χ3n) is 11.0. The molecule has 4 fully saturated rings. The minimum Gasteiger partial charge on any atom is -0.347 e. The van der Waals surface area contributed by atoms with Crippen molar-refractivity contribution in [3.63, 3.8) is 0 Å². The van der Waals surface area contributed by atoms with E-state index in [2.05, 4.69) is 26.3 Å². The van der Waals surface area contributed by atoms with Gasteiger partial charge in [-0.05, 0) is 80.8 Å². The van der Waals surface area contributed by atoms with E-state index in [0.717, 1.165) is 70.6 Å². The summed E-state index contributed by atoms with van der Waals surface area (Å²) in [6.07, 6.45) is 14.2. The molecule has 1 saturated heterocycles. The molecule has 0 spiro atoms. The van der Waals surface area contributed by atoms with E-state index < -0.39 is 53.1 Å². The fourth-order valence-corrected chi connectivity index (χ4v) is 8.10. The number of nitrogens with zero attached hydrogens (tertiary/aromatic N) is 2. The first-order valence-electron chi connectivity index (χ1n) is 18.9. The molecule has 3 unspecified atom stereocenters. The lowest BCUT2D eigenvalue weighted by Gasteiger charge is -2.40. The van der Waals surface area contributed by atoms with Crippen LogP contribution in [-0.2, 0) is 24.0 Å². The van der Waals surface area contributed by atoms with Crippen molar-refractivity contribution in [2.75, 3.05) is 0 Å². The summed E-state index contributed by atoms with van der Waals surface area (Å²) in [5, 5.41) is 11.6. The Kier molecular flexibility index (Phi) is 12.3. The highest BCUT2D eigenvalue weighted by Crippen LogP contribution is 2.41. The van der Waals surface area contributed by atoms with Crippen LogP contribution >= 0.6 is 0 Å². The number of carbonyl (C=O) groups is 6. The van der Waals surface area contributed by atoms with Crippen molar-refractivity contribution in [3.8, 4) is 0 Å². The lowest BCUT2D eigenvalue weighted by Crippen LogP contribution is -2.63. The molecular formula is C38H56N6O6. The maximum Gasteiger partial charge on any atom is 0.289 e. The predicted octanol–water partition coefficient (Wildman–Crippen LogP) is 3.58. The van der Waals surface area contributed by atoms with Crippen molar-refractivity contribution < 1.29 is 28.8 Å². The molecule has 5 amide bonds. The minimum absolute atomic E-state index is 0.0155. The predicted molar refractivity (Wildman–Crippen MR) is 187 cm³/mol. The minimum atomic E-state index is -0.982. The van der Waals surface area contributed by atoms with E-state index >= 15 is 0 Å². The average Bonchev–Trinajstić information content (AvgIpc) is 3.84. The van der Waals surface area contributed by atoms with Gasteiger partial charge in [-0.2, -0.15) is 0 Å². The van der Waals surface area contributed by atoms with Crippen LogP contribution in [-0.4, -0.2) is 81.5 Å². The van der Waals surface area contributed by atoms with Crippen LogP contribution in [0.5, 0.6) is 0 Å². The third-order valence-corrected chi connectivity index (χ3v) is 11.0. The number of hydrogen-bond donors (Lipinski definition) is 4. The zero-order chi connectivity index (χ0) is 36.0. The van der Waals surface area contributed by atoms with Gasteiger partial charge in [-0.3, -0.25) is 33.8 Å². The molecule has 274 valence electrons. The molecule has 12 heteroatoms. The quantitative estimate of drug-likeness (QED) is 0.229. The number of aromatic nitrogens is 1. The van der Waals surface area contributed by atoms with Gasteiger partial charge in [-0.25, -0.2) is 0 Å². The maximum atomic E-state index is 14.8. The standard InChI is InChI=1S/C38H56N6O6/c1-5-11-27(31(45)36(49)40-26-16-17-26)41-34(47)29-22-25-14-9-10-15-28(25)44(29)37(50)32(38(2,3)4)43-35(48)30(23-12-7-6-8-13-23)42-33(46)24-18-20-39-21-19-24/h18-21,23,25-30,32H,5-17,22H2,1-4H3,(H,40,49)(H,41,47)(H,42,46)(H,43,48)/t25?,27-,28?,29-,30?,32+/m0/s1. The number of likely N-dealkylation sites (tertiary alicyclic amines) is 1. The number of ketones is 1. The van der Waals surface area contributed by atoms with E-state index in [-0.39, 0.29) is 35.7 Å². The van der Waals surface area contributed by atoms with Crippen molar-refractivity contribution in [1.29, 1.82) is 0 Å². The van der Waals surface area contributed by atoms with Gasteiger partial charge in [-0.15, -0.1) is 0 Å². The highest BCUT2D eigenvalue weighted by molar-refractivity contribution is 6.38. The summed E-state index contributed by atoms with van der Waals surface area (Å²) in [6.45, 7) is 7.55. The summed E-state index contributed by atoms with van der Waals surface area (Å²) in [5.74, 6) is -2.88. The number of fused-ring (bicyclic) bond motifs is 1. The van der Waals surface area contributed by atoms with E-state index in [1.807, 2.05) is 27.7 Å². The Labute approximate surface area is 296 Å². The van der Waals surface area contributed by atoms with E-state index in [1.165, 1.54) is 12.4 Å². The van der Waals surface area contributed by atoms with Crippen LogP contribution in [0, 0.1) is 17.3 Å². The first kappa shape index (κ1) is 37.4. The second kappa shape index (κ2) is 16.5. The Morgan fingerprint density at radius 1 is 0.860 bits per heavy atom. The summed E-state index contributed by atoms with van der Waals surface area (Å²) in [5.41, 5.74) is -0.329. The number of hydrogen-bond acceptors (Lipinski definition) is 7. The Morgan fingerprint density at radius 3 is 2.16 bits per heavy atom. The van der Waals surface area contributed by atoms with Gasteiger partial charge in [0.1, 0.15) is 18.1 Å². The van der Waals surface area contributed by atoms with Gasteiger partial charge in [0.25, 0.3) is 11.8 Å². The molecule has 1 aromatic rings. The largest absolute Gasteiger partial charge is 0.347 e. The van der Waals surface area contributed by atoms with Gasteiger partial charge in [0.15, 0.2) is 0 Å². The monoisotopic (exact) mass is 692 g/mol. The molecule has 0 aromatic carbocycles. The molecule has 2 heterocycles. The van der Waals surface area contributed by atoms with Crippen LogP contribution in [0.4, 0.5) is 0 Å². The van der Waals surface area contributed by atoms with E-state index in [9.17, 15) is 28.8 Å². The summed E-state index contributed by atoms with van der Waals surface area (Å²) in [7, 11) is 0. The number of Topliss-reactive ketones (excluding diaryl/α,β-unsaturated/α-hetero) is 1. The Morgan fingerprint density at radius 2 is 1.52 bits per heavy atom. The van der Waals surface area contributed by atoms with Crippen LogP contribution in [0.1, 0.15) is 128 Å². The van der Waals surface area contributed by atoms with Crippen molar-refractivity contribution in [3.05, 3.63) is 30.1 Å². The summed E-state index contributed by atoms with van der Waals surface area (Å²) >= 11 is 0. The van der Waals surface area contributed by atoms with Crippen LogP contribution in [0.2, 0.25) is 0 Å². The van der Waals surface area contributed by atoms with Crippen LogP contribution < -0.4 is 21.3 Å². The van der Waals surface area contributed by atoms with Crippen molar-refractivity contribution in [2.45, 2.75) is 154 Å². The molecule has 6 atom stereocenters. The Hall–Kier alpha value is -3.83. The van der Waals surface area contributed by atoms with Crippen molar-refractivity contribution >= 4 is 35.3 Å². The van der Waals surface area contributed by atoms with Gasteiger partial charge >= 0.3 is 0 Å². The Bertz CT molecular complexity index is 1400. The van der Waals surface area contributed by atoms with Gasteiger partial charge in [0.05, 0.1) is 6.04 Å². The molecule has 4 N–H and O–H groups in total. The normalized spacial score (nSPS) is 24.2. The van der Waals surface area contributed by atoms with Gasteiger partial charge < -0.3 is 26.2 Å². The molecule has 3 aliphatic carbocycles. The summed E-state index contributed by atoms with van der Waals surface area (Å²) < 4.78 is 0. The zero-order valence-electron chi connectivity index (χ0n) is 30.2. The smallest absolute Gasteiger partial charge is 0.289 e. The second-order valence-electron chi connectivity index (χ2n) is 16.0. The SMILES string of the molecule is CCC[C@H](NC(=O)[C@@H]1CC2CCCCC2N1C(=O)[C@@H](NC(=O)C(NC(=O)c1ccncc1)C1CCCCC1)C(C)(C)C)C(=O)C(=O)NC1CC1. The number of nitrogens with one attached hydrogen (secondary N) is 4. The lowest BCUT2D eigenvalue weighted by atomic mass is 9.81. The number of rotatable bonds is 13. The molecule has 5 rings (SSSR count). The lowest BCUT2D eigenvalue weighted by molar-refractivity contribution is -0.147. The second-order valence-corrected chi connectivity index (χ2v) is 16.0. The van der Waals surface area contributed by atoms with Crippen molar-refractivity contribution in [1.82, 2.24) is 31.2 Å². The number of pyridine rings is 1. The molecule has 4 aliphatic rings. The molecule has 12 nitrogen and oxygen atoms in total. The van der Waals surface area contributed by atoms with Crippen LogP contribution in [0.15, 0.2) is 24.5 Å². The zero-order valence-corrected chi connectivity index (χ0v) is 30.2. The van der Waals surface area contributed by atoms with E-state index in [4.69, 9.17) is 0 Å². The third kappa shape index (κ3) is 9.09. The number of carbonyl (C=O) groups excluding carboxylic acids is 6. The van der Waals surface area contributed by atoms with Gasteiger partial charge in [-0.1, -0.05) is 66.2 Å². The summed E-state index contributed by atoms with van der Waals surface area (Å²) in [6, 6.07) is -0.590.